The first-order valence-electron chi connectivity index (χ1n) is 9.63. The van der Waals surface area contributed by atoms with Gasteiger partial charge < -0.3 is 4.74 Å². The summed E-state index contributed by atoms with van der Waals surface area (Å²) in [6, 6.07) is 12.2. The van der Waals surface area contributed by atoms with Gasteiger partial charge in [-0.25, -0.2) is 21.9 Å². The van der Waals surface area contributed by atoms with Crippen LogP contribution >= 0.6 is 11.3 Å². The van der Waals surface area contributed by atoms with Crippen molar-refractivity contribution in [2.75, 3.05) is 13.6 Å². The van der Waals surface area contributed by atoms with Gasteiger partial charge in [-0.3, -0.25) is 4.90 Å². The molecular formula is C22H24F2N2O3S2. The van der Waals surface area contributed by atoms with Gasteiger partial charge in [0.15, 0.2) is 11.6 Å². The molecule has 3 rings (SSSR count). The fraction of sp³-hybridized carbons (Fsp3) is 0.273. The molecule has 0 radical (unpaired) electrons. The van der Waals surface area contributed by atoms with Crippen LogP contribution in [0.3, 0.4) is 0 Å². The largest absolute Gasteiger partial charge is 0.489 e. The number of benzene rings is 2. The van der Waals surface area contributed by atoms with Crippen molar-refractivity contribution in [3.05, 3.63) is 82.1 Å². The summed E-state index contributed by atoms with van der Waals surface area (Å²) >= 11 is 1.67. The number of hydrogen-bond acceptors (Lipinski definition) is 5. The maximum atomic E-state index is 13.3. The Morgan fingerprint density at radius 1 is 1.06 bits per heavy atom. The van der Waals surface area contributed by atoms with Crippen LogP contribution in [0.25, 0.3) is 0 Å². The molecule has 0 saturated heterocycles. The first-order chi connectivity index (χ1) is 14.7. The molecule has 166 valence electrons. The summed E-state index contributed by atoms with van der Waals surface area (Å²) in [6.45, 7) is 3.29. The van der Waals surface area contributed by atoms with E-state index in [4.69, 9.17) is 4.74 Å². The Kier molecular flexibility index (Phi) is 7.77. The van der Waals surface area contributed by atoms with Crippen molar-refractivity contribution < 1.29 is 21.9 Å². The van der Waals surface area contributed by atoms with Crippen LogP contribution in [0.2, 0.25) is 0 Å². The predicted octanol–water partition coefficient (Wildman–Crippen LogP) is 4.40. The van der Waals surface area contributed by atoms with Crippen LogP contribution in [-0.2, 0) is 23.1 Å². The lowest BCUT2D eigenvalue weighted by Gasteiger charge is -2.18. The molecule has 9 heteroatoms. The Bertz CT molecular complexity index is 1110. The second-order valence-corrected chi connectivity index (χ2v) is 9.85. The predicted molar refractivity (Wildman–Crippen MR) is 118 cm³/mol. The number of ether oxygens (including phenoxy) is 1. The Morgan fingerprint density at radius 2 is 1.84 bits per heavy atom. The molecule has 2 aromatic carbocycles. The second-order valence-electron chi connectivity index (χ2n) is 7.31. The Morgan fingerprint density at radius 3 is 2.55 bits per heavy atom. The standard InChI is InChI=1S/C22H24F2N2O3S2/c1-16(12-25-31(27,28)20-6-7-21(23)22(24)11-20)29-19-5-3-4-17(10-19)13-26(2)14-18-8-9-30-15-18/h3-11,15-16,25H,12-14H2,1-2H3/t16-/m1/s1. The summed E-state index contributed by atoms with van der Waals surface area (Å²) in [5.74, 6) is -1.69. The van der Waals surface area contributed by atoms with E-state index in [1.807, 2.05) is 31.3 Å². The SMILES string of the molecule is C[C@H](CNS(=O)(=O)c1ccc(F)c(F)c1)Oc1cccc(CN(C)Cc2ccsc2)c1. The smallest absolute Gasteiger partial charge is 0.240 e. The zero-order chi connectivity index (χ0) is 22.4. The van der Waals surface area contributed by atoms with Gasteiger partial charge in [0.2, 0.25) is 10.0 Å². The number of rotatable bonds is 10. The molecule has 1 N–H and O–H groups in total. The van der Waals surface area contributed by atoms with Crippen molar-refractivity contribution >= 4 is 21.4 Å². The van der Waals surface area contributed by atoms with Gasteiger partial charge in [0.05, 0.1) is 4.90 Å². The summed E-state index contributed by atoms with van der Waals surface area (Å²) in [4.78, 5) is 1.86. The van der Waals surface area contributed by atoms with E-state index in [9.17, 15) is 17.2 Å². The Balaban J connectivity index is 1.54. The van der Waals surface area contributed by atoms with E-state index in [2.05, 4.69) is 26.4 Å². The van der Waals surface area contributed by atoms with Crippen molar-refractivity contribution in [2.24, 2.45) is 0 Å². The maximum Gasteiger partial charge on any atom is 0.240 e. The van der Waals surface area contributed by atoms with Gasteiger partial charge in [-0.05, 0) is 72.3 Å². The fourth-order valence-corrected chi connectivity index (χ4v) is 4.79. The van der Waals surface area contributed by atoms with E-state index in [0.717, 1.165) is 30.8 Å². The molecule has 31 heavy (non-hydrogen) atoms. The number of halogens is 2. The summed E-state index contributed by atoms with van der Waals surface area (Å²) in [5.41, 5.74) is 2.34. The number of hydrogen-bond donors (Lipinski definition) is 1. The average molecular weight is 467 g/mol. The Labute approximate surface area is 185 Å². The van der Waals surface area contributed by atoms with E-state index in [1.165, 1.54) is 5.56 Å². The van der Waals surface area contributed by atoms with Crippen molar-refractivity contribution in [2.45, 2.75) is 31.0 Å². The van der Waals surface area contributed by atoms with Crippen LogP contribution in [0.5, 0.6) is 5.75 Å². The average Bonchev–Trinajstić information content (AvgIpc) is 3.21. The monoisotopic (exact) mass is 466 g/mol. The van der Waals surface area contributed by atoms with Crippen molar-refractivity contribution in [1.82, 2.24) is 9.62 Å². The number of nitrogens with zero attached hydrogens (tertiary/aromatic N) is 1. The third-order valence-corrected chi connectivity index (χ3v) is 6.64. The normalized spacial score (nSPS) is 12.8. The highest BCUT2D eigenvalue weighted by atomic mass is 32.2. The van der Waals surface area contributed by atoms with Gasteiger partial charge in [-0.2, -0.15) is 11.3 Å². The molecule has 1 aromatic heterocycles. The highest BCUT2D eigenvalue weighted by Crippen LogP contribution is 2.18. The third-order valence-electron chi connectivity index (χ3n) is 4.48. The minimum atomic E-state index is -3.98. The van der Waals surface area contributed by atoms with Crippen molar-refractivity contribution in [3.63, 3.8) is 0 Å². The molecule has 0 saturated carbocycles. The second kappa shape index (κ2) is 10.3. The van der Waals surface area contributed by atoms with E-state index >= 15 is 0 Å². The van der Waals surface area contributed by atoms with Gasteiger partial charge in [0.25, 0.3) is 0 Å². The van der Waals surface area contributed by atoms with Gasteiger partial charge in [-0.1, -0.05) is 12.1 Å². The lowest BCUT2D eigenvalue weighted by atomic mass is 10.2. The first kappa shape index (κ1) is 23.3. The summed E-state index contributed by atoms with van der Waals surface area (Å²) in [6.07, 6.45) is -0.473. The van der Waals surface area contributed by atoms with E-state index in [0.29, 0.717) is 11.8 Å². The lowest BCUT2D eigenvalue weighted by Crippen LogP contribution is -2.33. The van der Waals surface area contributed by atoms with E-state index < -0.39 is 27.8 Å². The van der Waals surface area contributed by atoms with E-state index in [-0.39, 0.29) is 11.4 Å². The van der Waals surface area contributed by atoms with Gasteiger partial charge >= 0.3 is 0 Å². The minimum Gasteiger partial charge on any atom is -0.489 e. The van der Waals surface area contributed by atoms with E-state index in [1.54, 1.807) is 18.3 Å². The van der Waals surface area contributed by atoms with Crippen molar-refractivity contribution in [3.8, 4) is 5.75 Å². The molecule has 0 aliphatic heterocycles. The topological polar surface area (TPSA) is 58.6 Å². The van der Waals surface area contributed by atoms with Crippen molar-refractivity contribution in [1.29, 1.82) is 0 Å². The highest BCUT2D eigenvalue weighted by molar-refractivity contribution is 7.89. The number of thiophene rings is 1. The molecule has 0 fully saturated rings. The molecule has 1 atom stereocenters. The molecular weight excluding hydrogens is 442 g/mol. The zero-order valence-electron chi connectivity index (χ0n) is 17.2. The van der Waals surface area contributed by atoms with Crippen LogP contribution < -0.4 is 9.46 Å². The molecule has 0 bridgehead atoms. The molecule has 5 nitrogen and oxygen atoms in total. The fourth-order valence-electron chi connectivity index (χ4n) is 3.01. The molecule has 1 heterocycles. The van der Waals surface area contributed by atoms with Gasteiger partial charge in [0.1, 0.15) is 11.9 Å². The molecule has 0 aliphatic carbocycles. The van der Waals surface area contributed by atoms with Gasteiger partial charge in [-0.15, -0.1) is 0 Å². The van der Waals surface area contributed by atoms with Crippen LogP contribution in [0, 0.1) is 11.6 Å². The van der Waals surface area contributed by atoms with Crippen LogP contribution in [-0.4, -0.2) is 33.0 Å². The summed E-state index contributed by atoms with van der Waals surface area (Å²) in [7, 11) is -1.94. The first-order valence-corrected chi connectivity index (χ1v) is 12.1. The Hall–Kier alpha value is -2.33. The van der Waals surface area contributed by atoms with Crippen LogP contribution in [0.1, 0.15) is 18.1 Å². The molecule has 0 spiro atoms. The third kappa shape index (κ3) is 6.83. The molecule has 3 aromatic rings. The number of sulfonamides is 1. The maximum absolute atomic E-state index is 13.3. The quantitative estimate of drug-likeness (QED) is 0.481. The molecule has 0 amide bonds. The van der Waals surface area contributed by atoms with Gasteiger partial charge in [0, 0.05) is 19.6 Å². The highest BCUT2D eigenvalue weighted by Gasteiger charge is 2.18. The lowest BCUT2D eigenvalue weighted by molar-refractivity contribution is 0.224. The van der Waals surface area contributed by atoms with Crippen LogP contribution in [0.15, 0.2) is 64.2 Å². The molecule has 0 aliphatic rings. The van der Waals surface area contributed by atoms with Crippen LogP contribution in [0.4, 0.5) is 8.78 Å². The number of nitrogens with one attached hydrogen (secondary N) is 1. The summed E-state index contributed by atoms with van der Waals surface area (Å²) < 4.78 is 59.2. The molecule has 0 unspecified atom stereocenters. The summed E-state index contributed by atoms with van der Waals surface area (Å²) in [5, 5.41) is 4.18. The minimum absolute atomic E-state index is 0.0242. The zero-order valence-corrected chi connectivity index (χ0v) is 18.8.